The number of hydrogen-bond acceptors (Lipinski definition) is 3. The lowest BCUT2D eigenvalue weighted by atomic mass is 10.2. The molecule has 0 amide bonds. The van der Waals surface area contributed by atoms with Gasteiger partial charge in [0.1, 0.15) is 6.10 Å². The Balaban J connectivity index is 1.99. The molecule has 1 fully saturated rings. The maximum Gasteiger partial charge on any atom is 0.114 e. The number of ether oxygens (including phenoxy) is 1. The Bertz CT molecular complexity index is 303. The van der Waals surface area contributed by atoms with Crippen LogP contribution in [0.1, 0.15) is 25.6 Å². The highest BCUT2D eigenvalue weighted by molar-refractivity contribution is 5.04. The second kappa shape index (κ2) is 4.77. The normalized spacial score (nSPS) is 22.2. The van der Waals surface area contributed by atoms with E-state index in [0.29, 0.717) is 5.92 Å². The topological polar surface area (TPSA) is 39.1 Å². The van der Waals surface area contributed by atoms with Gasteiger partial charge in [-0.2, -0.15) is 5.10 Å². The summed E-state index contributed by atoms with van der Waals surface area (Å²) in [6, 6.07) is 2.06. The van der Waals surface area contributed by atoms with Gasteiger partial charge in [-0.1, -0.05) is 13.8 Å². The van der Waals surface area contributed by atoms with Crippen molar-refractivity contribution >= 4 is 0 Å². The van der Waals surface area contributed by atoms with E-state index in [1.54, 1.807) is 0 Å². The minimum absolute atomic E-state index is 0.132. The lowest BCUT2D eigenvalue weighted by molar-refractivity contribution is 0.0246. The van der Waals surface area contributed by atoms with Crippen LogP contribution in [0.5, 0.6) is 0 Å². The number of morpholine rings is 1. The largest absolute Gasteiger partial charge is 0.369 e. The molecule has 1 aliphatic heterocycles. The fourth-order valence-corrected chi connectivity index (χ4v) is 1.78. The predicted octanol–water partition coefficient (Wildman–Crippen LogP) is 1.20. The third kappa shape index (κ3) is 2.79. The molecule has 1 atom stereocenters. The first-order chi connectivity index (χ1) is 7.25. The van der Waals surface area contributed by atoms with Gasteiger partial charge in [0, 0.05) is 25.8 Å². The molecule has 1 aliphatic rings. The van der Waals surface area contributed by atoms with Crippen LogP contribution in [0.3, 0.4) is 0 Å². The molecule has 4 heteroatoms. The zero-order chi connectivity index (χ0) is 10.7. The summed E-state index contributed by atoms with van der Waals surface area (Å²) in [5.41, 5.74) is 1.04. The highest BCUT2D eigenvalue weighted by atomic mass is 16.5. The highest BCUT2D eigenvalue weighted by Gasteiger charge is 2.17. The quantitative estimate of drug-likeness (QED) is 0.813. The summed E-state index contributed by atoms with van der Waals surface area (Å²) >= 11 is 0. The Morgan fingerprint density at radius 1 is 1.67 bits per heavy atom. The summed E-state index contributed by atoms with van der Waals surface area (Å²) in [4.78, 5) is 0. The minimum atomic E-state index is 0.132. The van der Waals surface area contributed by atoms with Crippen molar-refractivity contribution in [1.82, 2.24) is 15.1 Å². The number of hydrogen-bond donors (Lipinski definition) is 1. The van der Waals surface area contributed by atoms with Crippen LogP contribution in [0.15, 0.2) is 12.3 Å². The monoisotopic (exact) mass is 209 g/mol. The predicted molar refractivity (Wildman–Crippen MR) is 58.6 cm³/mol. The van der Waals surface area contributed by atoms with E-state index in [-0.39, 0.29) is 6.10 Å². The molecule has 15 heavy (non-hydrogen) atoms. The Morgan fingerprint density at radius 3 is 3.20 bits per heavy atom. The fourth-order valence-electron chi connectivity index (χ4n) is 1.78. The van der Waals surface area contributed by atoms with Crippen molar-refractivity contribution in [1.29, 1.82) is 0 Å². The standard InChI is InChI=1S/C11H19N3O/c1-9(2)8-14-5-3-10(13-14)11-7-12-4-6-15-11/h3,5,9,11-12H,4,6-8H2,1-2H3. The number of aromatic nitrogens is 2. The summed E-state index contributed by atoms with van der Waals surface area (Å²) in [6.45, 7) is 7.96. The van der Waals surface area contributed by atoms with Gasteiger partial charge in [0.15, 0.2) is 0 Å². The molecular weight excluding hydrogens is 190 g/mol. The van der Waals surface area contributed by atoms with Crippen LogP contribution in [0, 0.1) is 5.92 Å². The Labute approximate surface area is 90.6 Å². The third-order valence-corrected chi connectivity index (χ3v) is 2.47. The average Bonchev–Trinajstić information content (AvgIpc) is 2.67. The van der Waals surface area contributed by atoms with Crippen molar-refractivity contribution in [3.05, 3.63) is 18.0 Å². The molecule has 0 bridgehead atoms. The molecule has 84 valence electrons. The molecule has 1 N–H and O–H groups in total. The number of nitrogens with one attached hydrogen (secondary N) is 1. The molecule has 4 nitrogen and oxygen atoms in total. The average molecular weight is 209 g/mol. The van der Waals surface area contributed by atoms with Crippen molar-refractivity contribution in [3.8, 4) is 0 Å². The Morgan fingerprint density at radius 2 is 2.53 bits per heavy atom. The van der Waals surface area contributed by atoms with E-state index < -0.39 is 0 Å². The molecule has 2 rings (SSSR count). The van der Waals surface area contributed by atoms with Gasteiger partial charge < -0.3 is 10.1 Å². The molecule has 0 spiro atoms. The molecule has 0 radical (unpaired) electrons. The third-order valence-electron chi connectivity index (χ3n) is 2.47. The van der Waals surface area contributed by atoms with Crippen LogP contribution in [0.4, 0.5) is 0 Å². The van der Waals surface area contributed by atoms with Gasteiger partial charge in [-0.15, -0.1) is 0 Å². The van der Waals surface area contributed by atoms with Crippen molar-refractivity contribution < 1.29 is 4.74 Å². The van der Waals surface area contributed by atoms with E-state index in [9.17, 15) is 0 Å². The maximum atomic E-state index is 5.64. The molecule has 1 saturated heterocycles. The lowest BCUT2D eigenvalue weighted by Gasteiger charge is -2.21. The van der Waals surface area contributed by atoms with Crippen LogP contribution in [0.2, 0.25) is 0 Å². The molecule has 1 aromatic heterocycles. The Kier molecular flexibility index (Phi) is 3.38. The Hall–Kier alpha value is -0.870. The second-order valence-corrected chi connectivity index (χ2v) is 4.42. The van der Waals surface area contributed by atoms with E-state index in [0.717, 1.165) is 31.9 Å². The second-order valence-electron chi connectivity index (χ2n) is 4.42. The molecule has 1 aromatic rings. The van der Waals surface area contributed by atoms with Crippen molar-refractivity contribution in [2.24, 2.45) is 5.92 Å². The summed E-state index contributed by atoms with van der Waals surface area (Å²) in [6.07, 6.45) is 2.17. The summed E-state index contributed by atoms with van der Waals surface area (Å²) in [5, 5.41) is 7.83. The molecule has 2 heterocycles. The summed E-state index contributed by atoms with van der Waals surface area (Å²) in [5.74, 6) is 0.628. The minimum Gasteiger partial charge on any atom is -0.369 e. The molecule has 1 unspecified atom stereocenters. The van der Waals surface area contributed by atoms with Crippen molar-refractivity contribution in [2.45, 2.75) is 26.5 Å². The van der Waals surface area contributed by atoms with Gasteiger partial charge in [0.05, 0.1) is 12.3 Å². The van der Waals surface area contributed by atoms with E-state index in [4.69, 9.17) is 4.74 Å². The highest BCUT2D eigenvalue weighted by Crippen LogP contribution is 2.16. The molecule has 0 saturated carbocycles. The first-order valence-electron chi connectivity index (χ1n) is 5.61. The van der Waals surface area contributed by atoms with Crippen LogP contribution >= 0.6 is 0 Å². The molecular formula is C11H19N3O. The van der Waals surface area contributed by atoms with E-state index >= 15 is 0 Å². The zero-order valence-corrected chi connectivity index (χ0v) is 9.44. The first kappa shape index (κ1) is 10.6. The van der Waals surface area contributed by atoms with Gasteiger partial charge in [-0.25, -0.2) is 0 Å². The maximum absolute atomic E-state index is 5.64. The van der Waals surface area contributed by atoms with Crippen LogP contribution < -0.4 is 5.32 Å². The van der Waals surface area contributed by atoms with Gasteiger partial charge >= 0.3 is 0 Å². The first-order valence-corrected chi connectivity index (χ1v) is 5.61. The zero-order valence-electron chi connectivity index (χ0n) is 9.44. The number of nitrogens with zero attached hydrogens (tertiary/aromatic N) is 2. The number of rotatable bonds is 3. The van der Waals surface area contributed by atoms with Crippen molar-refractivity contribution in [3.63, 3.8) is 0 Å². The van der Waals surface area contributed by atoms with Crippen LogP contribution in [-0.4, -0.2) is 29.5 Å². The molecule has 0 aliphatic carbocycles. The van der Waals surface area contributed by atoms with Gasteiger partial charge in [0.2, 0.25) is 0 Å². The van der Waals surface area contributed by atoms with Crippen LogP contribution in [-0.2, 0) is 11.3 Å². The molecule has 0 aromatic carbocycles. The van der Waals surface area contributed by atoms with Gasteiger partial charge in [-0.05, 0) is 12.0 Å². The smallest absolute Gasteiger partial charge is 0.114 e. The summed E-state index contributed by atoms with van der Waals surface area (Å²) < 4.78 is 7.64. The lowest BCUT2D eigenvalue weighted by Crippen LogP contribution is -2.33. The van der Waals surface area contributed by atoms with Crippen molar-refractivity contribution in [2.75, 3.05) is 19.7 Å². The van der Waals surface area contributed by atoms with Gasteiger partial charge in [0.25, 0.3) is 0 Å². The SMILES string of the molecule is CC(C)Cn1ccc(C2CNCCO2)n1. The van der Waals surface area contributed by atoms with E-state index in [1.807, 2.05) is 10.9 Å². The summed E-state index contributed by atoms with van der Waals surface area (Å²) in [7, 11) is 0. The fraction of sp³-hybridized carbons (Fsp3) is 0.727. The van der Waals surface area contributed by atoms with Crippen LogP contribution in [0.25, 0.3) is 0 Å². The van der Waals surface area contributed by atoms with E-state index in [2.05, 4.69) is 30.3 Å². The van der Waals surface area contributed by atoms with Gasteiger partial charge in [-0.3, -0.25) is 4.68 Å². The van der Waals surface area contributed by atoms with E-state index in [1.165, 1.54) is 0 Å².